The number of rotatable bonds is 4. The molecule has 1 N–H and O–H groups in total. The lowest BCUT2D eigenvalue weighted by Gasteiger charge is -2.34. The largest absolute Gasteiger partial charge is 0.491 e. The van der Waals surface area contributed by atoms with E-state index in [9.17, 15) is 5.11 Å². The van der Waals surface area contributed by atoms with Crippen LogP contribution in [0.3, 0.4) is 0 Å². The highest BCUT2D eigenvalue weighted by molar-refractivity contribution is 6.30. The van der Waals surface area contributed by atoms with Gasteiger partial charge in [-0.15, -0.1) is 0 Å². The van der Waals surface area contributed by atoms with Crippen LogP contribution in [0.25, 0.3) is 0 Å². The van der Waals surface area contributed by atoms with E-state index >= 15 is 0 Å². The molecule has 4 atom stereocenters. The van der Waals surface area contributed by atoms with E-state index in [1.807, 2.05) is 12.1 Å². The van der Waals surface area contributed by atoms with Crippen LogP contribution in [0.5, 0.6) is 5.75 Å². The zero-order chi connectivity index (χ0) is 13.8. The molecule has 0 heterocycles. The van der Waals surface area contributed by atoms with Gasteiger partial charge in [-0.05, 0) is 54.9 Å². The summed E-state index contributed by atoms with van der Waals surface area (Å²) in [6.45, 7) is 4.95. The first kappa shape index (κ1) is 14.7. The number of aliphatic hydroxyl groups is 1. The van der Waals surface area contributed by atoms with Crippen molar-refractivity contribution in [2.75, 3.05) is 6.61 Å². The molecule has 0 bridgehead atoms. The fraction of sp³-hybridized carbons (Fsp3) is 0.625. The Labute approximate surface area is 120 Å². The molecule has 0 amide bonds. The summed E-state index contributed by atoms with van der Waals surface area (Å²) in [6.07, 6.45) is 3.05. The number of hydrogen-bond acceptors (Lipinski definition) is 2. The first-order valence-corrected chi connectivity index (χ1v) is 7.50. The fourth-order valence-corrected chi connectivity index (χ4v) is 2.91. The Kier molecular flexibility index (Phi) is 5.12. The SMILES string of the molecule is CC1CCC(C(O)COc2ccc(Cl)cc2)CC1C. The molecule has 2 nitrogen and oxygen atoms in total. The molecule has 106 valence electrons. The number of aliphatic hydroxyl groups excluding tert-OH is 1. The molecule has 0 radical (unpaired) electrons. The lowest BCUT2D eigenvalue weighted by molar-refractivity contribution is 0.0226. The van der Waals surface area contributed by atoms with Gasteiger partial charge in [0, 0.05) is 5.02 Å². The molecule has 0 saturated heterocycles. The van der Waals surface area contributed by atoms with Crippen molar-refractivity contribution in [1.82, 2.24) is 0 Å². The molecular formula is C16H23ClO2. The van der Waals surface area contributed by atoms with Crippen molar-refractivity contribution in [1.29, 1.82) is 0 Å². The zero-order valence-electron chi connectivity index (χ0n) is 11.7. The molecule has 1 aromatic carbocycles. The Morgan fingerprint density at radius 2 is 1.89 bits per heavy atom. The van der Waals surface area contributed by atoms with Gasteiger partial charge in [0.05, 0.1) is 6.10 Å². The second-order valence-corrected chi connectivity index (χ2v) is 6.30. The van der Waals surface area contributed by atoms with Crippen molar-refractivity contribution in [2.24, 2.45) is 17.8 Å². The van der Waals surface area contributed by atoms with Gasteiger partial charge in [-0.2, -0.15) is 0 Å². The second-order valence-electron chi connectivity index (χ2n) is 5.86. The third kappa shape index (κ3) is 4.12. The van der Waals surface area contributed by atoms with Gasteiger partial charge in [-0.1, -0.05) is 31.9 Å². The second kappa shape index (κ2) is 6.62. The van der Waals surface area contributed by atoms with E-state index in [0.29, 0.717) is 23.5 Å². The molecule has 19 heavy (non-hydrogen) atoms. The van der Waals surface area contributed by atoms with Crippen LogP contribution in [-0.4, -0.2) is 17.8 Å². The monoisotopic (exact) mass is 282 g/mol. The molecule has 1 fully saturated rings. The van der Waals surface area contributed by atoms with Crippen LogP contribution >= 0.6 is 11.6 Å². The van der Waals surface area contributed by atoms with Gasteiger partial charge in [0.2, 0.25) is 0 Å². The van der Waals surface area contributed by atoms with Crippen molar-refractivity contribution in [3.05, 3.63) is 29.3 Å². The van der Waals surface area contributed by atoms with Gasteiger partial charge in [0.25, 0.3) is 0 Å². The highest BCUT2D eigenvalue weighted by atomic mass is 35.5. The van der Waals surface area contributed by atoms with Gasteiger partial charge in [-0.25, -0.2) is 0 Å². The summed E-state index contributed by atoms with van der Waals surface area (Å²) in [7, 11) is 0. The standard InChI is InChI=1S/C16H23ClO2/c1-11-3-4-13(9-12(11)2)16(18)10-19-15-7-5-14(17)6-8-15/h5-8,11-13,16,18H,3-4,9-10H2,1-2H3. The topological polar surface area (TPSA) is 29.5 Å². The summed E-state index contributed by atoms with van der Waals surface area (Å²) in [5.41, 5.74) is 0. The quantitative estimate of drug-likeness (QED) is 0.899. The number of benzene rings is 1. The molecule has 4 unspecified atom stereocenters. The van der Waals surface area contributed by atoms with Crippen molar-refractivity contribution < 1.29 is 9.84 Å². The van der Waals surface area contributed by atoms with Gasteiger partial charge >= 0.3 is 0 Å². The lowest BCUT2D eigenvalue weighted by Crippen LogP contribution is -2.33. The Bertz CT molecular complexity index is 390. The Hall–Kier alpha value is -0.730. The van der Waals surface area contributed by atoms with Gasteiger partial charge in [0.1, 0.15) is 12.4 Å². The maximum absolute atomic E-state index is 10.2. The zero-order valence-corrected chi connectivity index (χ0v) is 12.4. The molecular weight excluding hydrogens is 260 g/mol. The molecule has 2 rings (SSSR count). The third-order valence-electron chi connectivity index (χ3n) is 4.42. The minimum Gasteiger partial charge on any atom is -0.491 e. The molecule has 0 aromatic heterocycles. The predicted molar refractivity (Wildman–Crippen MR) is 78.6 cm³/mol. The van der Waals surface area contributed by atoms with Crippen molar-refractivity contribution in [3.63, 3.8) is 0 Å². The highest BCUT2D eigenvalue weighted by Crippen LogP contribution is 2.35. The first-order chi connectivity index (χ1) is 9.06. The summed E-state index contributed by atoms with van der Waals surface area (Å²) in [6, 6.07) is 7.27. The molecule has 0 aliphatic heterocycles. The molecule has 0 spiro atoms. The minimum absolute atomic E-state index is 0.368. The maximum atomic E-state index is 10.2. The molecule has 1 aromatic rings. The lowest BCUT2D eigenvalue weighted by atomic mass is 9.74. The summed E-state index contributed by atoms with van der Waals surface area (Å²) in [4.78, 5) is 0. The minimum atomic E-state index is -0.370. The highest BCUT2D eigenvalue weighted by Gasteiger charge is 2.29. The molecule has 1 aliphatic rings. The van der Waals surface area contributed by atoms with Gasteiger partial charge < -0.3 is 9.84 Å². The van der Waals surface area contributed by atoms with Crippen molar-refractivity contribution in [2.45, 2.75) is 39.2 Å². The Morgan fingerprint density at radius 1 is 1.21 bits per heavy atom. The fourth-order valence-electron chi connectivity index (χ4n) is 2.79. The van der Waals surface area contributed by atoms with Crippen LogP contribution < -0.4 is 4.74 Å². The number of halogens is 1. The van der Waals surface area contributed by atoms with Crippen LogP contribution in [0.15, 0.2) is 24.3 Å². The number of ether oxygens (including phenoxy) is 1. The van der Waals surface area contributed by atoms with E-state index in [0.717, 1.165) is 24.5 Å². The normalized spacial score (nSPS) is 28.9. The van der Waals surface area contributed by atoms with E-state index in [2.05, 4.69) is 13.8 Å². The maximum Gasteiger partial charge on any atom is 0.119 e. The molecule has 3 heteroatoms. The van der Waals surface area contributed by atoms with E-state index in [1.54, 1.807) is 12.1 Å². The van der Waals surface area contributed by atoms with Crippen molar-refractivity contribution in [3.8, 4) is 5.75 Å². The summed E-state index contributed by atoms with van der Waals surface area (Å²) >= 11 is 5.82. The predicted octanol–water partition coefficient (Wildman–Crippen LogP) is 4.15. The molecule has 1 aliphatic carbocycles. The summed E-state index contributed by atoms with van der Waals surface area (Å²) in [5.74, 6) is 2.61. The number of hydrogen-bond donors (Lipinski definition) is 1. The Balaban J connectivity index is 1.81. The van der Waals surface area contributed by atoms with E-state index < -0.39 is 0 Å². The average molecular weight is 283 g/mol. The summed E-state index contributed by atoms with van der Waals surface area (Å²) in [5, 5.41) is 10.9. The van der Waals surface area contributed by atoms with Crippen LogP contribution in [0, 0.1) is 17.8 Å². The van der Waals surface area contributed by atoms with E-state index in [1.165, 1.54) is 6.42 Å². The van der Waals surface area contributed by atoms with Crippen LogP contribution in [-0.2, 0) is 0 Å². The third-order valence-corrected chi connectivity index (χ3v) is 4.67. The summed E-state index contributed by atoms with van der Waals surface area (Å²) < 4.78 is 5.63. The first-order valence-electron chi connectivity index (χ1n) is 7.12. The van der Waals surface area contributed by atoms with E-state index in [-0.39, 0.29) is 6.10 Å². The molecule has 1 saturated carbocycles. The van der Waals surface area contributed by atoms with Crippen LogP contribution in [0.1, 0.15) is 33.1 Å². The van der Waals surface area contributed by atoms with Crippen LogP contribution in [0.2, 0.25) is 5.02 Å². The Morgan fingerprint density at radius 3 is 2.53 bits per heavy atom. The van der Waals surface area contributed by atoms with E-state index in [4.69, 9.17) is 16.3 Å². The van der Waals surface area contributed by atoms with Gasteiger partial charge in [-0.3, -0.25) is 0 Å². The van der Waals surface area contributed by atoms with Crippen LogP contribution in [0.4, 0.5) is 0 Å². The smallest absolute Gasteiger partial charge is 0.119 e. The van der Waals surface area contributed by atoms with Crippen molar-refractivity contribution >= 4 is 11.6 Å². The van der Waals surface area contributed by atoms with Gasteiger partial charge in [0.15, 0.2) is 0 Å². The average Bonchev–Trinajstić information content (AvgIpc) is 2.41.